The summed E-state index contributed by atoms with van der Waals surface area (Å²) < 4.78 is 6.27. The van der Waals surface area contributed by atoms with Crippen LogP contribution in [0.2, 0.25) is 5.02 Å². The van der Waals surface area contributed by atoms with Gasteiger partial charge in [-0.05, 0) is 67.9 Å². The predicted octanol–water partition coefficient (Wildman–Crippen LogP) is 6.86. The van der Waals surface area contributed by atoms with Crippen molar-refractivity contribution < 1.29 is 9.53 Å². The zero-order valence-corrected chi connectivity index (χ0v) is 24.9. The summed E-state index contributed by atoms with van der Waals surface area (Å²) in [6.45, 7) is 9.32. The molecule has 2 aromatic heterocycles. The number of aryl methyl sites for hydroxylation is 2. The highest BCUT2D eigenvalue weighted by atomic mass is 35.5. The van der Waals surface area contributed by atoms with Crippen LogP contribution in [0.15, 0.2) is 72.9 Å². The normalized spacial score (nSPS) is 14.4. The van der Waals surface area contributed by atoms with E-state index in [-0.39, 0.29) is 12.2 Å². The Labute approximate surface area is 251 Å². The first kappa shape index (κ1) is 28.1. The second-order valence-electron chi connectivity index (χ2n) is 11.1. The van der Waals surface area contributed by atoms with E-state index in [1.165, 1.54) is 5.56 Å². The smallest absolute Gasteiger partial charge is 0.247 e. The SMILES string of the molecule is Cc1ccc(-c2nc(Oc3ccc(Cl)c(CC(=O)c4ccc(CN5CCN(C)CC5)c(C)c4)c3)c3[nH]ccc3n2)cc1. The van der Waals surface area contributed by atoms with Gasteiger partial charge >= 0.3 is 0 Å². The lowest BCUT2D eigenvalue weighted by atomic mass is 9.98. The molecule has 3 heterocycles. The van der Waals surface area contributed by atoms with Crippen molar-refractivity contribution in [2.45, 2.75) is 26.8 Å². The number of aromatic nitrogens is 3. The third-order valence-corrected chi connectivity index (χ3v) is 8.29. The van der Waals surface area contributed by atoms with Gasteiger partial charge in [-0.15, -0.1) is 0 Å². The number of nitrogens with one attached hydrogen (secondary N) is 1. The van der Waals surface area contributed by atoms with E-state index in [2.05, 4.69) is 34.8 Å². The fraction of sp³-hybridized carbons (Fsp3) is 0.265. The number of Topliss-reactive ketones (excluding diaryl/α,β-unsaturated/α-hetero) is 1. The predicted molar refractivity (Wildman–Crippen MR) is 168 cm³/mol. The summed E-state index contributed by atoms with van der Waals surface area (Å²) in [4.78, 5) is 30.8. The van der Waals surface area contributed by atoms with Crippen molar-refractivity contribution in [1.82, 2.24) is 24.8 Å². The van der Waals surface area contributed by atoms with E-state index in [0.717, 1.165) is 54.9 Å². The molecule has 1 N–H and O–H groups in total. The van der Waals surface area contributed by atoms with Gasteiger partial charge in [-0.25, -0.2) is 4.98 Å². The second kappa shape index (κ2) is 12.1. The lowest BCUT2D eigenvalue weighted by Gasteiger charge is -2.32. The van der Waals surface area contributed by atoms with Gasteiger partial charge in [-0.2, -0.15) is 4.98 Å². The molecule has 0 unspecified atom stereocenters. The first-order chi connectivity index (χ1) is 20.3. The molecule has 0 aliphatic carbocycles. The summed E-state index contributed by atoms with van der Waals surface area (Å²) >= 11 is 6.55. The molecule has 7 nitrogen and oxygen atoms in total. The third kappa shape index (κ3) is 6.23. The zero-order valence-electron chi connectivity index (χ0n) is 24.2. The topological polar surface area (TPSA) is 74.3 Å². The molecule has 1 fully saturated rings. The Morgan fingerprint density at radius 1 is 0.929 bits per heavy atom. The standard InChI is InChI=1S/C34H34ClN5O2/c1-22-4-6-24(7-5-22)33-37-30-12-13-36-32(30)34(38-33)42-28-10-11-29(35)27(19-28)20-31(41)25-8-9-26(23(2)18-25)21-40-16-14-39(3)15-17-40/h4-13,18-19,36H,14-17,20-21H2,1-3H3. The number of H-pyrrole nitrogens is 1. The molecule has 0 spiro atoms. The number of carbonyl (C=O) groups is 1. The molecule has 3 aromatic carbocycles. The Kier molecular flexibility index (Phi) is 8.07. The maximum Gasteiger partial charge on any atom is 0.247 e. The van der Waals surface area contributed by atoms with Crippen LogP contribution in [0.25, 0.3) is 22.4 Å². The van der Waals surface area contributed by atoms with E-state index < -0.39 is 0 Å². The number of piperazine rings is 1. The number of benzene rings is 3. The molecule has 8 heteroatoms. The monoisotopic (exact) mass is 579 g/mol. The molecule has 0 radical (unpaired) electrons. The number of hydrogen-bond acceptors (Lipinski definition) is 6. The van der Waals surface area contributed by atoms with E-state index in [9.17, 15) is 4.79 Å². The molecular formula is C34H34ClN5O2. The highest BCUT2D eigenvalue weighted by molar-refractivity contribution is 6.31. The Morgan fingerprint density at radius 2 is 1.71 bits per heavy atom. The number of fused-ring (bicyclic) bond motifs is 1. The Bertz CT molecular complexity index is 1740. The largest absolute Gasteiger partial charge is 0.437 e. The second-order valence-corrected chi connectivity index (χ2v) is 11.5. The molecule has 0 atom stereocenters. The molecule has 214 valence electrons. The molecule has 42 heavy (non-hydrogen) atoms. The fourth-order valence-corrected chi connectivity index (χ4v) is 5.44. The molecule has 0 amide bonds. The van der Waals surface area contributed by atoms with E-state index >= 15 is 0 Å². The van der Waals surface area contributed by atoms with Gasteiger partial charge in [0, 0.05) is 61.5 Å². The van der Waals surface area contributed by atoms with Crippen LogP contribution < -0.4 is 4.74 Å². The molecule has 1 saturated heterocycles. The number of halogens is 1. The van der Waals surface area contributed by atoms with Crippen LogP contribution in [-0.2, 0) is 13.0 Å². The minimum atomic E-state index is 0.0127. The number of nitrogens with zero attached hydrogens (tertiary/aromatic N) is 4. The van der Waals surface area contributed by atoms with Gasteiger partial charge < -0.3 is 14.6 Å². The van der Waals surface area contributed by atoms with Crippen molar-refractivity contribution in [3.8, 4) is 23.0 Å². The highest BCUT2D eigenvalue weighted by Gasteiger charge is 2.18. The molecule has 0 bridgehead atoms. The van der Waals surface area contributed by atoms with Crippen LogP contribution in [0, 0.1) is 13.8 Å². The Hall–Kier alpha value is -4.04. The molecule has 1 aliphatic heterocycles. The maximum atomic E-state index is 13.4. The number of ketones is 1. The fourth-order valence-electron chi connectivity index (χ4n) is 5.25. The summed E-state index contributed by atoms with van der Waals surface area (Å²) in [7, 11) is 2.16. The van der Waals surface area contributed by atoms with Gasteiger partial charge in [0.05, 0.1) is 5.52 Å². The first-order valence-electron chi connectivity index (χ1n) is 14.2. The zero-order chi connectivity index (χ0) is 29.2. The molecule has 5 aromatic rings. The van der Waals surface area contributed by atoms with E-state index in [0.29, 0.717) is 39.1 Å². The van der Waals surface area contributed by atoms with Gasteiger partial charge in [0.2, 0.25) is 5.88 Å². The minimum absolute atomic E-state index is 0.0127. The van der Waals surface area contributed by atoms with Crippen LogP contribution in [0.1, 0.15) is 32.6 Å². The first-order valence-corrected chi connectivity index (χ1v) is 14.6. The maximum absolute atomic E-state index is 13.4. The highest BCUT2D eigenvalue weighted by Crippen LogP contribution is 2.32. The van der Waals surface area contributed by atoms with Gasteiger partial charge in [0.1, 0.15) is 11.3 Å². The molecule has 6 rings (SSSR count). The van der Waals surface area contributed by atoms with Crippen LogP contribution in [-0.4, -0.2) is 63.8 Å². The summed E-state index contributed by atoms with van der Waals surface area (Å²) in [6, 6.07) is 21.3. The van der Waals surface area contributed by atoms with Crippen LogP contribution in [0.5, 0.6) is 11.6 Å². The van der Waals surface area contributed by atoms with Gasteiger partial charge in [-0.3, -0.25) is 9.69 Å². The number of carbonyl (C=O) groups excluding carboxylic acids is 1. The number of rotatable bonds is 8. The van der Waals surface area contributed by atoms with E-state index in [1.807, 2.05) is 61.7 Å². The Morgan fingerprint density at radius 3 is 2.48 bits per heavy atom. The van der Waals surface area contributed by atoms with Crippen molar-refractivity contribution in [1.29, 1.82) is 0 Å². The lowest BCUT2D eigenvalue weighted by Crippen LogP contribution is -2.43. The number of aromatic amines is 1. The average molecular weight is 580 g/mol. The summed E-state index contributed by atoms with van der Waals surface area (Å²) in [5, 5.41) is 0.521. The van der Waals surface area contributed by atoms with Crippen LogP contribution >= 0.6 is 11.6 Å². The van der Waals surface area contributed by atoms with Crippen molar-refractivity contribution in [3.63, 3.8) is 0 Å². The van der Waals surface area contributed by atoms with Gasteiger partial charge in [-0.1, -0.05) is 53.6 Å². The van der Waals surface area contributed by atoms with Crippen molar-refractivity contribution in [2.24, 2.45) is 0 Å². The van der Waals surface area contributed by atoms with Crippen LogP contribution in [0.3, 0.4) is 0 Å². The molecule has 0 saturated carbocycles. The van der Waals surface area contributed by atoms with Crippen LogP contribution in [0.4, 0.5) is 0 Å². The minimum Gasteiger partial charge on any atom is -0.437 e. The number of ether oxygens (including phenoxy) is 1. The van der Waals surface area contributed by atoms with Crippen molar-refractivity contribution in [3.05, 3.63) is 106 Å². The third-order valence-electron chi connectivity index (χ3n) is 7.92. The number of hydrogen-bond donors (Lipinski definition) is 1. The molecule has 1 aliphatic rings. The summed E-state index contributed by atoms with van der Waals surface area (Å²) in [5.74, 6) is 1.55. The number of likely N-dealkylation sites (N-methyl/N-ethyl adjacent to an activating group) is 1. The Balaban J connectivity index is 1.20. The summed E-state index contributed by atoms with van der Waals surface area (Å²) in [5.41, 5.74) is 7.30. The van der Waals surface area contributed by atoms with Crippen molar-refractivity contribution in [2.75, 3.05) is 33.2 Å². The lowest BCUT2D eigenvalue weighted by molar-refractivity contribution is 0.0993. The summed E-state index contributed by atoms with van der Waals surface area (Å²) in [6.07, 6.45) is 1.99. The quantitative estimate of drug-likeness (QED) is 0.202. The van der Waals surface area contributed by atoms with E-state index in [4.69, 9.17) is 26.3 Å². The molecular weight excluding hydrogens is 546 g/mol. The van der Waals surface area contributed by atoms with Crippen molar-refractivity contribution >= 4 is 28.4 Å². The average Bonchev–Trinajstić information content (AvgIpc) is 3.46. The van der Waals surface area contributed by atoms with Gasteiger partial charge in [0.15, 0.2) is 11.6 Å². The van der Waals surface area contributed by atoms with Gasteiger partial charge in [0.25, 0.3) is 0 Å². The van der Waals surface area contributed by atoms with E-state index in [1.54, 1.807) is 12.1 Å².